The van der Waals surface area contributed by atoms with Crippen molar-refractivity contribution in [2.24, 2.45) is 0 Å². The Morgan fingerprint density at radius 1 is 1.16 bits per heavy atom. The van der Waals surface area contributed by atoms with Crippen LogP contribution in [0.1, 0.15) is 54.1 Å². The number of nitrogens with zero attached hydrogens (tertiary/aromatic N) is 3. The zero-order valence-electron chi connectivity index (χ0n) is 17.5. The number of hydrogen-bond donors (Lipinski definition) is 1. The van der Waals surface area contributed by atoms with Gasteiger partial charge >= 0.3 is 0 Å². The zero-order chi connectivity index (χ0) is 22.7. The number of halogens is 1. The minimum atomic E-state index is -3.21. The number of sulfone groups is 1. The van der Waals surface area contributed by atoms with Gasteiger partial charge in [-0.1, -0.05) is 30.7 Å². The normalized spacial score (nSPS) is 14.7. The fourth-order valence-corrected chi connectivity index (χ4v) is 5.18. The summed E-state index contributed by atoms with van der Waals surface area (Å²) < 4.78 is 24.5. The first-order valence-electron chi connectivity index (χ1n) is 10.4. The molecule has 2 heterocycles. The number of carbonyl (C=O) groups is 1. The number of amides is 1. The predicted octanol–water partition coefficient (Wildman–Crippen LogP) is 4.15. The molecule has 1 aromatic carbocycles. The first-order chi connectivity index (χ1) is 15.4. The molecular weight excluding hydrogens is 448 g/mol. The molecule has 1 unspecified atom stereocenters. The fourth-order valence-electron chi connectivity index (χ4n) is 3.41. The van der Waals surface area contributed by atoms with Gasteiger partial charge in [0, 0.05) is 29.7 Å². The minimum Gasteiger partial charge on any atom is -0.344 e. The van der Waals surface area contributed by atoms with Gasteiger partial charge in [-0.2, -0.15) is 0 Å². The molecule has 32 heavy (non-hydrogen) atoms. The van der Waals surface area contributed by atoms with E-state index in [4.69, 9.17) is 11.6 Å². The van der Waals surface area contributed by atoms with Gasteiger partial charge in [-0.05, 0) is 49.1 Å². The highest BCUT2D eigenvalue weighted by Crippen LogP contribution is 2.30. The molecule has 0 saturated heterocycles. The first-order valence-corrected chi connectivity index (χ1v) is 12.5. The lowest BCUT2D eigenvalue weighted by molar-refractivity contribution is 0.0934. The molecule has 1 fully saturated rings. The summed E-state index contributed by atoms with van der Waals surface area (Å²) in [6, 6.07) is 10.3. The van der Waals surface area contributed by atoms with E-state index < -0.39 is 9.84 Å². The Morgan fingerprint density at radius 2 is 1.91 bits per heavy atom. The topological polar surface area (TPSA) is 102 Å². The molecule has 166 valence electrons. The Morgan fingerprint density at radius 3 is 2.56 bits per heavy atom. The van der Waals surface area contributed by atoms with Crippen molar-refractivity contribution in [3.05, 3.63) is 77.1 Å². The lowest BCUT2D eigenvalue weighted by atomic mass is 10.0. The van der Waals surface area contributed by atoms with Crippen molar-refractivity contribution in [3.63, 3.8) is 0 Å². The van der Waals surface area contributed by atoms with Crippen LogP contribution in [0.15, 0.2) is 55.0 Å². The van der Waals surface area contributed by atoms with E-state index in [1.54, 1.807) is 36.8 Å². The van der Waals surface area contributed by atoms with Gasteiger partial charge in [0.25, 0.3) is 5.91 Å². The number of hydrogen-bond acceptors (Lipinski definition) is 6. The summed E-state index contributed by atoms with van der Waals surface area (Å²) in [7, 11) is -3.21. The van der Waals surface area contributed by atoms with Crippen molar-refractivity contribution in [1.82, 2.24) is 20.3 Å². The van der Waals surface area contributed by atoms with Crippen LogP contribution in [0.5, 0.6) is 0 Å². The van der Waals surface area contributed by atoms with Crippen LogP contribution in [0.3, 0.4) is 0 Å². The Labute approximate surface area is 192 Å². The molecule has 0 spiro atoms. The zero-order valence-corrected chi connectivity index (χ0v) is 19.1. The van der Waals surface area contributed by atoms with Gasteiger partial charge < -0.3 is 5.32 Å². The molecule has 0 aliphatic heterocycles. The minimum absolute atomic E-state index is 0.171. The highest BCUT2D eigenvalue weighted by atomic mass is 35.5. The molecule has 1 N–H and O–H groups in total. The summed E-state index contributed by atoms with van der Waals surface area (Å²) in [6.07, 6.45) is 6.85. The monoisotopic (exact) mass is 470 g/mol. The standard InChI is InChI=1S/C23H23ClN4O3S/c1-2-20(21-9-10-26-22(27-21)14-32(30,31)19-7-8-19)28-23(29)16-5-3-15(4-6-16)17-11-18(24)13-25-12-17/h3-6,9-13,19-20H,2,7-8,14H2,1H3,(H,28,29). The Balaban J connectivity index is 1.46. The van der Waals surface area contributed by atoms with Crippen molar-refractivity contribution < 1.29 is 13.2 Å². The van der Waals surface area contributed by atoms with E-state index in [-0.39, 0.29) is 28.8 Å². The van der Waals surface area contributed by atoms with E-state index >= 15 is 0 Å². The van der Waals surface area contributed by atoms with Crippen LogP contribution in [0.4, 0.5) is 0 Å². The third kappa shape index (κ3) is 5.31. The predicted molar refractivity (Wildman–Crippen MR) is 123 cm³/mol. The second kappa shape index (κ2) is 9.34. The molecule has 1 aliphatic carbocycles. The Hall–Kier alpha value is -2.84. The highest BCUT2D eigenvalue weighted by Gasteiger charge is 2.36. The molecular formula is C23H23ClN4O3S. The maximum absolute atomic E-state index is 12.8. The van der Waals surface area contributed by atoms with Gasteiger partial charge in [0.05, 0.1) is 22.0 Å². The summed E-state index contributed by atoms with van der Waals surface area (Å²) >= 11 is 6.00. The van der Waals surface area contributed by atoms with Crippen LogP contribution < -0.4 is 5.32 Å². The fraction of sp³-hybridized carbons (Fsp3) is 0.304. The molecule has 4 rings (SSSR count). The second-order valence-electron chi connectivity index (χ2n) is 7.81. The van der Waals surface area contributed by atoms with Gasteiger partial charge in [0.15, 0.2) is 9.84 Å². The largest absolute Gasteiger partial charge is 0.344 e. The lowest BCUT2D eigenvalue weighted by Crippen LogP contribution is -2.29. The van der Waals surface area contributed by atoms with E-state index in [9.17, 15) is 13.2 Å². The number of aromatic nitrogens is 3. The van der Waals surface area contributed by atoms with Gasteiger partial charge in [0.2, 0.25) is 0 Å². The lowest BCUT2D eigenvalue weighted by Gasteiger charge is -2.17. The number of carbonyl (C=O) groups excluding carboxylic acids is 1. The average molecular weight is 471 g/mol. The summed E-state index contributed by atoms with van der Waals surface area (Å²) in [4.78, 5) is 25.4. The van der Waals surface area contributed by atoms with Crippen LogP contribution in [-0.2, 0) is 15.6 Å². The third-order valence-corrected chi connectivity index (χ3v) is 7.70. The van der Waals surface area contributed by atoms with E-state index in [1.165, 1.54) is 0 Å². The van der Waals surface area contributed by atoms with Crippen LogP contribution in [-0.4, -0.2) is 34.5 Å². The molecule has 1 saturated carbocycles. The summed E-state index contributed by atoms with van der Waals surface area (Å²) in [5.41, 5.74) is 2.87. The highest BCUT2D eigenvalue weighted by molar-refractivity contribution is 7.91. The van der Waals surface area contributed by atoms with E-state index in [0.717, 1.165) is 11.1 Å². The third-order valence-electron chi connectivity index (χ3n) is 5.35. The first kappa shape index (κ1) is 22.4. The van der Waals surface area contributed by atoms with E-state index in [2.05, 4.69) is 20.3 Å². The van der Waals surface area contributed by atoms with Crippen LogP contribution >= 0.6 is 11.6 Å². The molecule has 9 heteroatoms. The van der Waals surface area contributed by atoms with Crippen molar-refractivity contribution in [2.45, 2.75) is 43.2 Å². The van der Waals surface area contributed by atoms with E-state index in [0.29, 0.717) is 35.5 Å². The van der Waals surface area contributed by atoms with Gasteiger partial charge in [0.1, 0.15) is 11.6 Å². The molecule has 2 aromatic heterocycles. The van der Waals surface area contributed by atoms with Crippen LogP contribution in [0.2, 0.25) is 5.02 Å². The number of pyridine rings is 1. The number of rotatable bonds is 8. The van der Waals surface area contributed by atoms with Crippen molar-refractivity contribution >= 4 is 27.3 Å². The molecule has 1 aliphatic rings. The number of nitrogens with one attached hydrogen (secondary N) is 1. The number of benzene rings is 1. The van der Waals surface area contributed by atoms with Crippen molar-refractivity contribution in [2.75, 3.05) is 0 Å². The summed E-state index contributed by atoms with van der Waals surface area (Å²) in [5, 5.41) is 3.26. The molecule has 7 nitrogen and oxygen atoms in total. The maximum atomic E-state index is 12.8. The maximum Gasteiger partial charge on any atom is 0.251 e. The second-order valence-corrected chi connectivity index (χ2v) is 10.5. The van der Waals surface area contributed by atoms with Crippen LogP contribution in [0.25, 0.3) is 11.1 Å². The average Bonchev–Trinajstić information content (AvgIpc) is 3.64. The molecule has 1 atom stereocenters. The van der Waals surface area contributed by atoms with Gasteiger partial charge in [-0.3, -0.25) is 9.78 Å². The van der Waals surface area contributed by atoms with Gasteiger partial charge in [-0.25, -0.2) is 18.4 Å². The SMILES string of the molecule is CCC(NC(=O)c1ccc(-c2cncc(Cl)c2)cc1)c1ccnc(CS(=O)(=O)C2CC2)n1. The smallest absolute Gasteiger partial charge is 0.251 e. The van der Waals surface area contributed by atoms with Crippen molar-refractivity contribution in [1.29, 1.82) is 0 Å². The van der Waals surface area contributed by atoms with Crippen molar-refractivity contribution in [3.8, 4) is 11.1 Å². The van der Waals surface area contributed by atoms with Crippen LogP contribution in [0, 0.1) is 0 Å². The molecule has 3 aromatic rings. The molecule has 1 amide bonds. The Bertz CT molecular complexity index is 1230. The summed E-state index contributed by atoms with van der Waals surface area (Å²) in [6.45, 7) is 1.93. The molecule has 0 bridgehead atoms. The van der Waals surface area contributed by atoms with E-state index in [1.807, 2.05) is 25.1 Å². The molecule has 0 radical (unpaired) electrons. The Kier molecular flexibility index (Phi) is 6.53. The van der Waals surface area contributed by atoms with Gasteiger partial charge in [-0.15, -0.1) is 0 Å². The summed E-state index contributed by atoms with van der Waals surface area (Å²) in [5.74, 6) is -0.143. The quantitative estimate of drug-likeness (QED) is 0.530.